The van der Waals surface area contributed by atoms with Crippen LogP contribution in [0.5, 0.6) is 11.5 Å². The number of ketones is 1. The number of carbonyl (C=O) groups excluding carboxylic acids is 1. The first-order valence-corrected chi connectivity index (χ1v) is 20.4. The van der Waals surface area contributed by atoms with Gasteiger partial charge >= 0.3 is 12.4 Å². The molecule has 0 radical (unpaired) electrons. The van der Waals surface area contributed by atoms with Gasteiger partial charge in [0.15, 0.2) is 0 Å². The number of halogens is 8. The molecule has 0 aliphatic carbocycles. The lowest BCUT2D eigenvalue weighted by Gasteiger charge is -2.41. The van der Waals surface area contributed by atoms with Crippen molar-refractivity contribution in [1.29, 1.82) is 0 Å². The molecular weight excluding hydrogens is 817 g/mol. The topological polar surface area (TPSA) is 62.2 Å². The highest BCUT2D eigenvalue weighted by Crippen LogP contribution is 2.39. The highest BCUT2D eigenvalue weighted by atomic mass is 35.5. The smallest absolute Gasteiger partial charge is 0.419 e. The largest absolute Gasteiger partial charge is 0.492 e. The Hall–Kier alpha value is -3.81. The van der Waals surface area contributed by atoms with Gasteiger partial charge in [0, 0.05) is 35.2 Å². The number of para-hydroxylation sites is 2. The van der Waals surface area contributed by atoms with Gasteiger partial charge in [0.25, 0.3) is 0 Å². The molecule has 2 saturated heterocycles. The van der Waals surface area contributed by atoms with E-state index in [0.29, 0.717) is 55.5 Å². The maximum atomic E-state index is 13.1. The van der Waals surface area contributed by atoms with E-state index in [1.54, 1.807) is 6.92 Å². The van der Waals surface area contributed by atoms with Gasteiger partial charge < -0.3 is 14.6 Å². The monoisotopic (exact) mass is 866 g/mol. The summed E-state index contributed by atoms with van der Waals surface area (Å²) in [5.41, 5.74) is 0.129. The van der Waals surface area contributed by atoms with Crippen LogP contribution in [0.1, 0.15) is 54.9 Å². The fourth-order valence-corrected chi connectivity index (χ4v) is 8.00. The van der Waals surface area contributed by atoms with Crippen LogP contribution in [0, 0.1) is 10.8 Å². The second-order valence-corrected chi connectivity index (χ2v) is 16.3. The van der Waals surface area contributed by atoms with E-state index in [9.17, 15) is 36.2 Å². The van der Waals surface area contributed by atoms with Crippen molar-refractivity contribution in [3.63, 3.8) is 0 Å². The van der Waals surface area contributed by atoms with Gasteiger partial charge in [-0.25, -0.2) is 0 Å². The summed E-state index contributed by atoms with van der Waals surface area (Å²) >= 11 is 11.9. The molecule has 2 aliphatic rings. The number of likely N-dealkylation sites (tertiary alicyclic amines) is 2. The minimum Gasteiger partial charge on any atom is -0.492 e. The average Bonchev–Trinajstić information content (AvgIpc) is 3.21. The second-order valence-electron chi connectivity index (χ2n) is 15.5. The number of nitrogens with zero attached hydrogens (tertiary/aromatic N) is 2. The Bertz CT molecular complexity index is 1930. The van der Waals surface area contributed by atoms with Gasteiger partial charge in [-0.05, 0) is 137 Å². The van der Waals surface area contributed by atoms with E-state index in [1.165, 1.54) is 36.4 Å². The zero-order valence-corrected chi connectivity index (χ0v) is 34.4. The van der Waals surface area contributed by atoms with Gasteiger partial charge in [-0.2, -0.15) is 26.3 Å². The Morgan fingerprint density at radius 2 is 1.02 bits per heavy atom. The summed E-state index contributed by atoms with van der Waals surface area (Å²) in [5.74, 6) is -0.111. The maximum absolute atomic E-state index is 13.1. The Labute approximate surface area is 352 Å². The van der Waals surface area contributed by atoms with Crippen LogP contribution >= 0.6 is 23.2 Å². The molecule has 0 saturated carbocycles. The Kier molecular flexibility index (Phi) is 16.2. The number of aliphatic hydroxyl groups excluding tert-OH is 1. The van der Waals surface area contributed by atoms with Crippen molar-refractivity contribution in [2.24, 2.45) is 10.8 Å². The van der Waals surface area contributed by atoms with Crippen LogP contribution in [0.15, 0.2) is 97.1 Å². The van der Waals surface area contributed by atoms with Gasteiger partial charge in [-0.3, -0.25) is 14.6 Å². The van der Waals surface area contributed by atoms with Crippen molar-refractivity contribution in [2.45, 2.75) is 57.8 Å². The van der Waals surface area contributed by atoms with Crippen LogP contribution in [0.4, 0.5) is 26.3 Å². The van der Waals surface area contributed by atoms with E-state index < -0.39 is 28.9 Å². The fourth-order valence-electron chi connectivity index (χ4n) is 7.75. The molecule has 4 aromatic carbocycles. The molecule has 0 bridgehead atoms. The number of hydrogen-bond acceptors (Lipinski definition) is 6. The number of carbonyl (C=O) groups is 1. The molecule has 6 rings (SSSR count). The van der Waals surface area contributed by atoms with Crippen molar-refractivity contribution in [3.05, 3.63) is 129 Å². The summed E-state index contributed by atoms with van der Waals surface area (Å²) in [7, 11) is 0. The van der Waals surface area contributed by atoms with Crippen molar-refractivity contribution >= 4 is 29.0 Å². The van der Waals surface area contributed by atoms with Crippen LogP contribution in [-0.2, 0) is 30.0 Å². The molecule has 0 aromatic heterocycles. The molecule has 320 valence electrons. The average molecular weight is 868 g/mol. The maximum Gasteiger partial charge on any atom is 0.419 e. The lowest BCUT2D eigenvalue weighted by molar-refractivity contribution is -0.139. The first kappa shape index (κ1) is 46.3. The molecular formula is C45H50Cl2F6N2O4. The number of Topliss-reactive ketones (excluding diaryl/α,β-unsaturated/α-hetero) is 1. The van der Waals surface area contributed by atoms with Crippen molar-refractivity contribution in [3.8, 4) is 11.5 Å². The standard InChI is InChI=1S/C23H25ClF3NO2.C22H25ClF3NO2/c1-17(29)22(16-18-6-8-19(24)9-7-18)10-12-28(13-11-22)14-15-30-21-5-3-2-4-20(21)23(25,26)27;23-18-7-5-17(6-8-18)15-21(16-28)9-11-27(12-10-21)13-14-29-20-4-2-1-3-19(20)22(24,25)26/h2-9H,10-16H2,1H3;1-8,28H,9-16H2. The molecule has 2 fully saturated rings. The zero-order chi connectivity index (χ0) is 42.7. The van der Waals surface area contributed by atoms with Gasteiger partial charge in [-0.1, -0.05) is 71.7 Å². The highest BCUT2D eigenvalue weighted by Gasteiger charge is 2.39. The predicted octanol–water partition coefficient (Wildman–Crippen LogP) is 10.7. The third-order valence-electron chi connectivity index (χ3n) is 11.5. The molecule has 2 heterocycles. The van der Waals surface area contributed by atoms with E-state index in [2.05, 4.69) is 9.80 Å². The number of benzene rings is 4. The number of hydrogen-bond donors (Lipinski definition) is 1. The molecule has 0 amide bonds. The van der Waals surface area contributed by atoms with Crippen LogP contribution in [0.25, 0.3) is 0 Å². The summed E-state index contributed by atoms with van der Waals surface area (Å²) in [4.78, 5) is 16.8. The normalized spacial score (nSPS) is 17.1. The van der Waals surface area contributed by atoms with Crippen molar-refractivity contribution < 1.29 is 45.7 Å². The second kappa shape index (κ2) is 20.6. The van der Waals surface area contributed by atoms with Crippen LogP contribution in [-0.4, -0.2) is 79.8 Å². The van der Waals surface area contributed by atoms with E-state index in [-0.39, 0.29) is 42.5 Å². The van der Waals surface area contributed by atoms with Crippen LogP contribution < -0.4 is 9.47 Å². The summed E-state index contributed by atoms with van der Waals surface area (Å²) in [6.45, 7) is 6.14. The molecule has 0 atom stereocenters. The lowest BCUT2D eigenvalue weighted by Crippen LogP contribution is -2.46. The molecule has 0 spiro atoms. The van der Waals surface area contributed by atoms with Gasteiger partial charge in [0.1, 0.15) is 30.5 Å². The van der Waals surface area contributed by atoms with Crippen molar-refractivity contribution in [2.75, 3.05) is 59.1 Å². The minimum atomic E-state index is -4.44. The summed E-state index contributed by atoms with van der Waals surface area (Å²) in [6.07, 6.45) is -4.34. The Morgan fingerprint density at radius 1 is 0.627 bits per heavy atom. The third kappa shape index (κ3) is 13.3. The summed E-state index contributed by atoms with van der Waals surface area (Å²) < 4.78 is 89.2. The molecule has 59 heavy (non-hydrogen) atoms. The van der Waals surface area contributed by atoms with E-state index in [4.69, 9.17) is 32.7 Å². The minimum absolute atomic E-state index is 0.110. The Morgan fingerprint density at radius 3 is 1.41 bits per heavy atom. The summed E-state index contributed by atoms with van der Waals surface area (Å²) in [5, 5.41) is 11.4. The molecule has 2 aliphatic heterocycles. The SMILES string of the molecule is CC(=O)C1(Cc2ccc(Cl)cc2)CCN(CCOc2ccccc2C(F)(F)F)CC1.OCC1(Cc2ccc(Cl)cc2)CCN(CCOc2ccccc2C(F)(F)F)CC1. The number of ether oxygens (including phenoxy) is 2. The first-order valence-electron chi connectivity index (χ1n) is 19.6. The number of alkyl halides is 6. The van der Waals surface area contributed by atoms with Crippen LogP contribution in [0.3, 0.4) is 0 Å². The molecule has 4 aromatic rings. The predicted molar refractivity (Wildman–Crippen MR) is 218 cm³/mol. The van der Waals surface area contributed by atoms with Gasteiger partial charge in [0.05, 0.1) is 11.1 Å². The molecule has 14 heteroatoms. The van der Waals surface area contributed by atoms with E-state index in [1.807, 2.05) is 48.5 Å². The highest BCUT2D eigenvalue weighted by molar-refractivity contribution is 6.30. The number of piperidine rings is 2. The fraction of sp³-hybridized carbons (Fsp3) is 0.444. The number of rotatable bonds is 14. The molecule has 0 unspecified atom stereocenters. The van der Waals surface area contributed by atoms with Crippen LogP contribution in [0.2, 0.25) is 10.0 Å². The molecule has 6 nitrogen and oxygen atoms in total. The summed E-state index contributed by atoms with van der Waals surface area (Å²) in [6, 6.07) is 25.8. The van der Waals surface area contributed by atoms with Crippen molar-refractivity contribution in [1.82, 2.24) is 9.80 Å². The first-order chi connectivity index (χ1) is 28.0. The Balaban J connectivity index is 0.000000224. The van der Waals surface area contributed by atoms with E-state index in [0.717, 1.165) is 55.6 Å². The van der Waals surface area contributed by atoms with E-state index >= 15 is 0 Å². The quantitative estimate of drug-likeness (QED) is 0.127. The number of aliphatic hydroxyl groups is 1. The lowest BCUT2D eigenvalue weighted by atomic mass is 9.71. The zero-order valence-electron chi connectivity index (χ0n) is 32.9. The van der Waals surface area contributed by atoms with Gasteiger partial charge in [-0.15, -0.1) is 0 Å². The van der Waals surface area contributed by atoms with Gasteiger partial charge in [0.2, 0.25) is 0 Å². The third-order valence-corrected chi connectivity index (χ3v) is 12.0. The molecule has 1 N–H and O–H groups in total.